The van der Waals surface area contributed by atoms with Crippen LogP contribution in [0.1, 0.15) is 32.1 Å². The average Bonchev–Trinajstić information content (AvgIpc) is 2.59. The average molecular weight is 359 g/mol. The molecule has 0 N–H and O–H groups in total. The van der Waals surface area contributed by atoms with Gasteiger partial charge in [0.2, 0.25) is 5.91 Å². The van der Waals surface area contributed by atoms with Gasteiger partial charge in [0, 0.05) is 37.1 Å². The minimum Gasteiger partial charge on any atom is -0.353 e. The highest BCUT2D eigenvalue weighted by Crippen LogP contribution is 2.30. The first-order chi connectivity index (χ1) is 12.1. The van der Waals surface area contributed by atoms with E-state index in [9.17, 15) is 4.79 Å². The fourth-order valence-corrected chi connectivity index (χ4v) is 3.89. The van der Waals surface area contributed by atoms with Crippen molar-refractivity contribution in [2.75, 3.05) is 25.0 Å². The van der Waals surface area contributed by atoms with E-state index in [1.807, 2.05) is 36.3 Å². The maximum atomic E-state index is 12.5. The van der Waals surface area contributed by atoms with E-state index in [-0.39, 0.29) is 12.0 Å². The minimum atomic E-state index is 0.254. The fraction of sp³-hybridized carbons (Fsp3) is 0.526. The van der Waals surface area contributed by atoms with Crippen molar-refractivity contribution in [1.29, 1.82) is 0 Å². The summed E-state index contributed by atoms with van der Waals surface area (Å²) < 4.78 is 0. The number of nitrogens with zero attached hydrogens (tertiary/aromatic N) is 4. The normalized spacial score (nSPS) is 21.2. The summed E-state index contributed by atoms with van der Waals surface area (Å²) in [6.07, 6.45) is 7.23. The van der Waals surface area contributed by atoms with Crippen LogP contribution in [0, 0.1) is 5.92 Å². The van der Waals surface area contributed by atoms with Gasteiger partial charge in [-0.1, -0.05) is 18.0 Å². The molecule has 1 aromatic carbocycles. The lowest BCUT2D eigenvalue weighted by Gasteiger charge is -2.40. The Balaban J connectivity index is 1.50. The molecular weight excluding hydrogens is 336 g/mol. The van der Waals surface area contributed by atoms with Crippen molar-refractivity contribution in [3.63, 3.8) is 0 Å². The molecule has 25 heavy (non-hydrogen) atoms. The molecule has 1 atom stereocenters. The number of amides is 1. The van der Waals surface area contributed by atoms with Crippen LogP contribution in [0.5, 0.6) is 0 Å². The van der Waals surface area contributed by atoms with Crippen LogP contribution in [-0.4, -0.2) is 47.0 Å². The predicted molar refractivity (Wildman–Crippen MR) is 99.9 cm³/mol. The third-order valence-electron chi connectivity index (χ3n) is 5.56. The number of anilines is 1. The molecule has 1 aliphatic heterocycles. The molecule has 2 aromatic rings. The molecule has 1 aliphatic carbocycles. The summed E-state index contributed by atoms with van der Waals surface area (Å²) in [5.41, 5.74) is 1.66. The van der Waals surface area contributed by atoms with Crippen LogP contribution in [0.2, 0.25) is 5.02 Å². The first-order valence-electron chi connectivity index (χ1n) is 9.06. The lowest BCUT2D eigenvalue weighted by molar-refractivity contribution is -0.139. The van der Waals surface area contributed by atoms with Gasteiger partial charge in [0.25, 0.3) is 0 Å². The molecule has 6 heteroatoms. The van der Waals surface area contributed by atoms with Gasteiger partial charge in [0.05, 0.1) is 17.2 Å². The number of aromatic nitrogens is 2. The van der Waals surface area contributed by atoms with Gasteiger partial charge in [-0.05, 0) is 43.9 Å². The molecule has 5 nitrogen and oxygen atoms in total. The van der Waals surface area contributed by atoms with Crippen LogP contribution in [0.25, 0.3) is 11.0 Å². The number of rotatable bonds is 3. The van der Waals surface area contributed by atoms with Crippen LogP contribution in [0.15, 0.2) is 24.4 Å². The number of piperidine rings is 1. The molecule has 1 saturated carbocycles. The van der Waals surface area contributed by atoms with Gasteiger partial charge >= 0.3 is 0 Å². The Labute approximate surface area is 153 Å². The van der Waals surface area contributed by atoms with Crippen LogP contribution >= 0.6 is 11.6 Å². The molecule has 1 unspecified atom stereocenters. The quantitative estimate of drug-likeness (QED) is 0.842. The Morgan fingerprint density at radius 1 is 1.24 bits per heavy atom. The second-order valence-corrected chi connectivity index (χ2v) is 7.62. The van der Waals surface area contributed by atoms with E-state index in [2.05, 4.69) is 9.88 Å². The van der Waals surface area contributed by atoms with Gasteiger partial charge in [-0.15, -0.1) is 0 Å². The molecule has 0 radical (unpaired) electrons. The maximum absolute atomic E-state index is 12.5. The summed E-state index contributed by atoms with van der Waals surface area (Å²) in [5, 5.41) is 0.670. The summed E-state index contributed by atoms with van der Waals surface area (Å²) in [6, 6.07) is 5.83. The standard InChI is InChI=1S/C19H23ClN4O/c1-23(19(25)13-4-2-5-13)15-6-3-9-24(12-15)18-11-21-17-10-14(20)7-8-16(17)22-18/h7-8,10-11,13,15H,2-6,9,12H2,1H3. The number of halogens is 1. The summed E-state index contributed by atoms with van der Waals surface area (Å²) in [6.45, 7) is 1.78. The summed E-state index contributed by atoms with van der Waals surface area (Å²) in [7, 11) is 1.96. The zero-order valence-electron chi connectivity index (χ0n) is 14.5. The van der Waals surface area contributed by atoms with Gasteiger partial charge in [0.15, 0.2) is 0 Å². The smallest absolute Gasteiger partial charge is 0.225 e. The minimum absolute atomic E-state index is 0.254. The number of hydrogen-bond acceptors (Lipinski definition) is 4. The van der Waals surface area contributed by atoms with Crippen LogP contribution in [0.3, 0.4) is 0 Å². The van der Waals surface area contributed by atoms with E-state index in [0.717, 1.165) is 55.6 Å². The Kier molecular flexibility index (Phi) is 4.50. The molecule has 2 heterocycles. The molecule has 132 valence electrons. The van der Waals surface area contributed by atoms with Crippen molar-refractivity contribution in [2.45, 2.75) is 38.1 Å². The van der Waals surface area contributed by atoms with Crippen molar-refractivity contribution in [2.24, 2.45) is 5.92 Å². The number of likely N-dealkylation sites (N-methyl/N-ethyl adjacent to an activating group) is 1. The van der Waals surface area contributed by atoms with Crippen LogP contribution in [0.4, 0.5) is 5.82 Å². The monoisotopic (exact) mass is 358 g/mol. The van der Waals surface area contributed by atoms with Crippen molar-refractivity contribution >= 4 is 34.4 Å². The summed E-state index contributed by atoms with van der Waals surface area (Å²) in [4.78, 5) is 26.0. The largest absolute Gasteiger partial charge is 0.353 e. The van der Waals surface area contributed by atoms with Gasteiger partial charge in [-0.25, -0.2) is 4.98 Å². The van der Waals surface area contributed by atoms with E-state index in [1.165, 1.54) is 6.42 Å². The number of carbonyl (C=O) groups is 1. The number of carbonyl (C=O) groups excluding carboxylic acids is 1. The molecular formula is C19H23ClN4O. The molecule has 1 aromatic heterocycles. The Morgan fingerprint density at radius 3 is 2.84 bits per heavy atom. The fourth-order valence-electron chi connectivity index (χ4n) is 3.73. The molecule has 0 spiro atoms. The van der Waals surface area contributed by atoms with E-state index in [4.69, 9.17) is 16.6 Å². The van der Waals surface area contributed by atoms with Gasteiger partial charge in [-0.3, -0.25) is 9.78 Å². The first-order valence-corrected chi connectivity index (χ1v) is 9.43. The molecule has 0 bridgehead atoms. The SMILES string of the molecule is CN(C(=O)C1CCC1)C1CCCN(c2cnc3cc(Cl)ccc3n2)C1. The second-order valence-electron chi connectivity index (χ2n) is 7.18. The zero-order valence-corrected chi connectivity index (χ0v) is 15.2. The van der Waals surface area contributed by atoms with E-state index in [0.29, 0.717) is 10.9 Å². The van der Waals surface area contributed by atoms with Gasteiger partial charge in [0.1, 0.15) is 5.82 Å². The Bertz CT molecular complexity index is 792. The van der Waals surface area contributed by atoms with E-state index >= 15 is 0 Å². The van der Waals surface area contributed by atoms with Crippen molar-refractivity contribution in [3.05, 3.63) is 29.4 Å². The topological polar surface area (TPSA) is 49.3 Å². The molecule has 4 rings (SSSR count). The van der Waals surface area contributed by atoms with Crippen molar-refractivity contribution in [3.8, 4) is 0 Å². The third-order valence-corrected chi connectivity index (χ3v) is 5.80. The van der Waals surface area contributed by atoms with E-state index < -0.39 is 0 Å². The summed E-state index contributed by atoms with van der Waals surface area (Å²) in [5.74, 6) is 1.45. The second kappa shape index (κ2) is 6.79. The number of hydrogen-bond donors (Lipinski definition) is 0. The Morgan fingerprint density at radius 2 is 2.08 bits per heavy atom. The number of benzene rings is 1. The van der Waals surface area contributed by atoms with Crippen LogP contribution < -0.4 is 4.90 Å². The molecule has 1 amide bonds. The number of fused-ring (bicyclic) bond motifs is 1. The predicted octanol–water partition coefficient (Wildman–Crippen LogP) is 3.51. The van der Waals surface area contributed by atoms with Crippen molar-refractivity contribution in [1.82, 2.24) is 14.9 Å². The first kappa shape index (κ1) is 16.6. The maximum Gasteiger partial charge on any atom is 0.225 e. The lowest BCUT2D eigenvalue weighted by Crippen LogP contribution is -2.51. The molecule has 1 saturated heterocycles. The van der Waals surface area contributed by atoms with Crippen LogP contribution in [-0.2, 0) is 4.79 Å². The molecule has 2 fully saturated rings. The zero-order chi connectivity index (χ0) is 17.4. The van der Waals surface area contributed by atoms with Gasteiger partial charge in [-0.2, -0.15) is 0 Å². The summed E-state index contributed by atoms with van der Waals surface area (Å²) >= 11 is 6.02. The Hall–Kier alpha value is -1.88. The van der Waals surface area contributed by atoms with Crippen molar-refractivity contribution < 1.29 is 4.79 Å². The highest BCUT2D eigenvalue weighted by atomic mass is 35.5. The highest BCUT2D eigenvalue weighted by Gasteiger charge is 2.33. The third kappa shape index (κ3) is 3.30. The lowest BCUT2D eigenvalue weighted by atomic mass is 9.84. The highest BCUT2D eigenvalue weighted by molar-refractivity contribution is 6.31. The van der Waals surface area contributed by atoms with Gasteiger partial charge < -0.3 is 9.80 Å². The van der Waals surface area contributed by atoms with E-state index in [1.54, 1.807) is 0 Å². The molecule has 2 aliphatic rings.